The third kappa shape index (κ3) is 5.31. The Morgan fingerprint density at radius 1 is 1.12 bits per heavy atom. The summed E-state index contributed by atoms with van der Waals surface area (Å²) >= 11 is 0. The standard InChI is InChI=1S/C20H28N2O4/c1-3-4-5-6-7-8-9-10-14-26-20-16-12-11-13-21-19(16)17(22(23)24)15-18(20)25-2/h11-13,15H,3-10,14H2,1-2H3. The molecule has 26 heavy (non-hydrogen) atoms. The maximum atomic E-state index is 11.3. The molecular weight excluding hydrogens is 332 g/mol. The molecule has 6 heteroatoms. The second-order valence-electron chi connectivity index (χ2n) is 6.41. The van der Waals surface area contributed by atoms with Gasteiger partial charge in [0.1, 0.15) is 0 Å². The Labute approximate surface area is 154 Å². The van der Waals surface area contributed by atoms with Crippen molar-refractivity contribution >= 4 is 16.6 Å². The Hall–Kier alpha value is -2.37. The molecule has 0 saturated carbocycles. The summed E-state index contributed by atoms with van der Waals surface area (Å²) in [4.78, 5) is 15.0. The minimum Gasteiger partial charge on any atom is -0.493 e. The first kappa shape index (κ1) is 19.9. The first-order valence-electron chi connectivity index (χ1n) is 9.42. The Kier molecular flexibility index (Phi) is 8.12. The lowest BCUT2D eigenvalue weighted by Gasteiger charge is -2.13. The molecule has 0 fully saturated rings. The van der Waals surface area contributed by atoms with Crippen LogP contribution in [0, 0.1) is 10.1 Å². The Morgan fingerprint density at radius 3 is 2.46 bits per heavy atom. The van der Waals surface area contributed by atoms with Crippen molar-refractivity contribution in [2.45, 2.75) is 58.3 Å². The van der Waals surface area contributed by atoms with Crippen molar-refractivity contribution in [2.75, 3.05) is 13.7 Å². The van der Waals surface area contributed by atoms with Crippen LogP contribution in [0.2, 0.25) is 0 Å². The highest BCUT2D eigenvalue weighted by atomic mass is 16.6. The molecule has 0 unspecified atom stereocenters. The fourth-order valence-corrected chi connectivity index (χ4v) is 3.03. The Bertz CT molecular complexity index is 718. The van der Waals surface area contributed by atoms with Crippen LogP contribution >= 0.6 is 0 Å². The lowest BCUT2D eigenvalue weighted by Crippen LogP contribution is -2.02. The minimum absolute atomic E-state index is 0.0723. The molecule has 0 aliphatic rings. The van der Waals surface area contributed by atoms with Crippen LogP contribution in [0.15, 0.2) is 24.4 Å². The molecule has 2 aromatic rings. The Balaban J connectivity index is 1.97. The zero-order chi connectivity index (χ0) is 18.8. The van der Waals surface area contributed by atoms with Gasteiger partial charge in [0.25, 0.3) is 5.69 Å². The van der Waals surface area contributed by atoms with E-state index in [9.17, 15) is 10.1 Å². The first-order chi connectivity index (χ1) is 12.7. The van der Waals surface area contributed by atoms with E-state index in [2.05, 4.69) is 11.9 Å². The van der Waals surface area contributed by atoms with Crippen molar-refractivity contribution in [1.29, 1.82) is 0 Å². The van der Waals surface area contributed by atoms with E-state index >= 15 is 0 Å². The van der Waals surface area contributed by atoms with Crippen molar-refractivity contribution in [2.24, 2.45) is 0 Å². The van der Waals surface area contributed by atoms with Gasteiger partial charge in [-0.3, -0.25) is 10.1 Å². The molecule has 0 aliphatic heterocycles. The summed E-state index contributed by atoms with van der Waals surface area (Å²) in [6, 6.07) is 4.91. The molecule has 142 valence electrons. The normalized spacial score (nSPS) is 10.8. The number of pyridine rings is 1. The molecular formula is C20H28N2O4. The number of nitro benzene ring substituents is 1. The maximum Gasteiger partial charge on any atom is 0.299 e. The lowest BCUT2D eigenvalue weighted by molar-refractivity contribution is -0.383. The molecule has 0 bridgehead atoms. The zero-order valence-electron chi connectivity index (χ0n) is 15.7. The number of hydrogen-bond donors (Lipinski definition) is 0. The number of fused-ring (bicyclic) bond motifs is 1. The number of nitro groups is 1. The maximum absolute atomic E-state index is 11.3. The van der Waals surface area contributed by atoms with Gasteiger partial charge in [0, 0.05) is 6.20 Å². The van der Waals surface area contributed by atoms with Gasteiger partial charge in [0.2, 0.25) is 0 Å². The van der Waals surface area contributed by atoms with E-state index in [4.69, 9.17) is 9.47 Å². The van der Waals surface area contributed by atoms with Crippen molar-refractivity contribution in [3.63, 3.8) is 0 Å². The van der Waals surface area contributed by atoms with Crippen LogP contribution in [0.3, 0.4) is 0 Å². The van der Waals surface area contributed by atoms with Crippen LogP contribution in [0.1, 0.15) is 58.3 Å². The van der Waals surface area contributed by atoms with Crippen LogP contribution in [-0.2, 0) is 0 Å². The number of nitrogens with zero attached hydrogens (tertiary/aromatic N) is 2. The summed E-state index contributed by atoms with van der Waals surface area (Å²) in [5.41, 5.74) is 0.251. The van der Waals surface area contributed by atoms with Gasteiger partial charge in [-0.05, 0) is 18.6 Å². The number of benzene rings is 1. The average molecular weight is 360 g/mol. The molecule has 2 rings (SSSR count). The summed E-state index contributed by atoms with van der Waals surface area (Å²) in [5.74, 6) is 0.904. The number of ether oxygens (including phenoxy) is 2. The highest BCUT2D eigenvalue weighted by Crippen LogP contribution is 2.40. The summed E-state index contributed by atoms with van der Waals surface area (Å²) in [6.45, 7) is 2.79. The molecule has 0 saturated heterocycles. The van der Waals surface area contributed by atoms with E-state index in [0.29, 0.717) is 29.0 Å². The fraction of sp³-hybridized carbons (Fsp3) is 0.550. The number of unbranched alkanes of at least 4 members (excludes halogenated alkanes) is 7. The highest BCUT2D eigenvalue weighted by molar-refractivity contribution is 5.94. The fourth-order valence-electron chi connectivity index (χ4n) is 3.03. The quantitative estimate of drug-likeness (QED) is 0.277. The molecule has 0 spiro atoms. The van der Waals surface area contributed by atoms with Gasteiger partial charge in [0.05, 0.1) is 30.1 Å². The van der Waals surface area contributed by atoms with Gasteiger partial charge in [0.15, 0.2) is 17.0 Å². The summed E-state index contributed by atoms with van der Waals surface area (Å²) in [5, 5.41) is 11.9. The molecule has 0 N–H and O–H groups in total. The third-order valence-corrected chi connectivity index (χ3v) is 4.45. The number of hydrogen-bond acceptors (Lipinski definition) is 5. The van der Waals surface area contributed by atoms with Crippen molar-refractivity contribution in [3.05, 3.63) is 34.5 Å². The second kappa shape index (κ2) is 10.6. The van der Waals surface area contributed by atoms with E-state index in [-0.39, 0.29) is 5.69 Å². The van der Waals surface area contributed by atoms with E-state index < -0.39 is 4.92 Å². The van der Waals surface area contributed by atoms with E-state index in [0.717, 1.165) is 12.8 Å². The molecule has 0 radical (unpaired) electrons. The summed E-state index contributed by atoms with van der Waals surface area (Å²) < 4.78 is 11.3. The van der Waals surface area contributed by atoms with Crippen LogP contribution in [0.5, 0.6) is 11.5 Å². The molecule has 0 amide bonds. The average Bonchev–Trinajstić information content (AvgIpc) is 2.66. The molecule has 6 nitrogen and oxygen atoms in total. The molecule has 1 aromatic carbocycles. The molecule has 0 atom stereocenters. The number of non-ortho nitro benzene ring substituents is 1. The number of rotatable bonds is 12. The zero-order valence-corrected chi connectivity index (χ0v) is 15.7. The van der Waals surface area contributed by atoms with Crippen LogP contribution in [-0.4, -0.2) is 23.6 Å². The minimum atomic E-state index is -0.444. The molecule has 1 heterocycles. The molecule has 1 aromatic heterocycles. The van der Waals surface area contributed by atoms with Crippen molar-refractivity contribution in [3.8, 4) is 11.5 Å². The van der Waals surface area contributed by atoms with Crippen LogP contribution in [0.4, 0.5) is 5.69 Å². The lowest BCUT2D eigenvalue weighted by atomic mass is 10.1. The van der Waals surface area contributed by atoms with E-state index in [1.165, 1.54) is 51.7 Å². The first-order valence-corrected chi connectivity index (χ1v) is 9.42. The van der Waals surface area contributed by atoms with Crippen molar-refractivity contribution in [1.82, 2.24) is 4.98 Å². The largest absolute Gasteiger partial charge is 0.493 e. The van der Waals surface area contributed by atoms with Gasteiger partial charge in [-0.1, -0.05) is 51.9 Å². The predicted molar refractivity (Wildman–Crippen MR) is 103 cm³/mol. The van der Waals surface area contributed by atoms with Gasteiger partial charge in [-0.25, -0.2) is 4.98 Å². The van der Waals surface area contributed by atoms with Gasteiger partial charge >= 0.3 is 0 Å². The summed E-state index contributed by atoms with van der Waals surface area (Å²) in [6.07, 6.45) is 11.3. The van der Waals surface area contributed by atoms with Gasteiger partial charge < -0.3 is 9.47 Å². The Morgan fingerprint density at radius 2 is 1.81 bits per heavy atom. The molecule has 0 aliphatic carbocycles. The van der Waals surface area contributed by atoms with Gasteiger partial charge in [-0.15, -0.1) is 0 Å². The highest BCUT2D eigenvalue weighted by Gasteiger charge is 2.21. The summed E-state index contributed by atoms with van der Waals surface area (Å²) in [7, 11) is 1.49. The van der Waals surface area contributed by atoms with Crippen LogP contribution in [0.25, 0.3) is 10.9 Å². The predicted octanol–water partition coefficient (Wildman–Crippen LogP) is 5.67. The topological polar surface area (TPSA) is 74.5 Å². The monoisotopic (exact) mass is 360 g/mol. The van der Waals surface area contributed by atoms with Gasteiger partial charge in [-0.2, -0.15) is 0 Å². The second-order valence-corrected chi connectivity index (χ2v) is 6.41. The van der Waals surface area contributed by atoms with Crippen LogP contribution < -0.4 is 9.47 Å². The number of aromatic nitrogens is 1. The van der Waals surface area contributed by atoms with E-state index in [1.54, 1.807) is 18.3 Å². The smallest absolute Gasteiger partial charge is 0.299 e. The number of methoxy groups -OCH3 is 1. The third-order valence-electron chi connectivity index (χ3n) is 4.45. The SMILES string of the molecule is CCCCCCCCCCOc1c(OC)cc([N+](=O)[O-])c2ncccc12. The van der Waals surface area contributed by atoms with Crippen molar-refractivity contribution < 1.29 is 14.4 Å². The van der Waals surface area contributed by atoms with E-state index in [1.807, 2.05) is 0 Å².